The fourth-order valence-electron chi connectivity index (χ4n) is 2.95. The molecule has 1 aliphatic rings. The minimum Gasteiger partial charge on any atom is -0.329 e. The topological polar surface area (TPSA) is 29.9 Å². The van der Waals surface area contributed by atoms with Gasteiger partial charge < -0.3 is 9.88 Å². The van der Waals surface area contributed by atoms with E-state index in [1.54, 1.807) is 0 Å². The highest BCUT2D eigenvalue weighted by atomic mass is 15.1. The monoisotopic (exact) mass is 235 g/mol. The molecule has 1 aliphatic heterocycles. The van der Waals surface area contributed by atoms with Gasteiger partial charge in [0.05, 0.1) is 5.69 Å². The quantitative estimate of drug-likeness (QED) is 0.869. The third-order valence-electron chi connectivity index (χ3n) is 3.57. The van der Waals surface area contributed by atoms with Gasteiger partial charge in [0.1, 0.15) is 5.82 Å². The first-order valence-electron chi connectivity index (χ1n) is 6.93. The molecule has 0 aliphatic carbocycles. The molecule has 0 bridgehead atoms. The van der Waals surface area contributed by atoms with E-state index >= 15 is 0 Å². The van der Waals surface area contributed by atoms with Crippen LogP contribution in [0.25, 0.3) is 0 Å². The van der Waals surface area contributed by atoms with E-state index in [1.807, 2.05) is 0 Å². The molecule has 1 unspecified atom stereocenters. The predicted octanol–water partition coefficient (Wildman–Crippen LogP) is 2.70. The molecule has 0 amide bonds. The zero-order chi connectivity index (χ0) is 12.4. The first-order valence-corrected chi connectivity index (χ1v) is 6.93. The second kappa shape index (κ2) is 5.21. The summed E-state index contributed by atoms with van der Waals surface area (Å²) in [6.07, 6.45) is 3.41. The van der Waals surface area contributed by atoms with Crippen LogP contribution in [0.5, 0.6) is 0 Å². The van der Waals surface area contributed by atoms with Crippen molar-refractivity contribution in [3.8, 4) is 0 Å². The highest BCUT2D eigenvalue weighted by molar-refractivity contribution is 5.21. The summed E-state index contributed by atoms with van der Waals surface area (Å²) in [5.41, 5.74) is 2.76. The van der Waals surface area contributed by atoms with Crippen LogP contribution >= 0.6 is 0 Å². The van der Waals surface area contributed by atoms with Gasteiger partial charge in [0.2, 0.25) is 0 Å². The van der Waals surface area contributed by atoms with Gasteiger partial charge in [-0.2, -0.15) is 0 Å². The Labute approximate surface area is 105 Å². The first kappa shape index (κ1) is 12.6. The van der Waals surface area contributed by atoms with E-state index in [1.165, 1.54) is 23.6 Å². The lowest BCUT2D eigenvalue weighted by atomic mass is 10.0. The molecule has 1 N–H and O–H groups in total. The summed E-state index contributed by atoms with van der Waals surface area (Å²) in [5.74, 6) is 2.02. The molecule has 96 valence electrons. The van der Waals surface area contributed by atoms with Gasteiger partial charge >= 0.3 is 0 Å². The molecule has 0 saturated heterocycles. The Morgan fingerprint density at radius 3 is 2.76 bits per heavy atom. The van der Waals surface area contributed by atoms with Crippen LogP contribution in [0.4, 0.5) is 0 Å². The summed E-state index contributed by atoms with van der Waals surface area (Å²) >= 11 is 0. The maximum absolute atomic E-state index is 4.80. The fraction of sp³-hybridized carbons (Fsp3) is 0.786. The molecule has 1 aromatic heterocycles. The summed E-state index contributed by atoms with van der Waals surface area (Å²) in [4.78, 5) is 4.80. The summed E-state index contributed by atoms with van der Waals surface area (Å²) in [6.45, 7) is 11.2. The number of hydrogen-bond donors (Lipinski definition) is 1. The highest BCUT2D eigenvalue weighted by Crippen LogP contribution is 2.25. The Kier molecular flexibility index (Phi) is 3.87. The van der Waals surface area contributed by atoms with Crippen molar-refractivity contribution in [3.05, 3.63) is 17.2 Å². The largest absolute Gasteiger partial charge is 0.329 e. The van der Waals surface area contributed by atoms with Crippen molar-refractivity contribution in [1.29, 1.82) is 0 Å². The summed E-state index contributed by atoms with van der Waals surface area (Å²) in [7, 11) is 0. The van der Waals surface area contributed by atoms with Crippen molar-refractivity contribution in [2.75, 3.05) is 6.54 Å². The third-order valence-corrected chi connectivity index (χ3v) is 3.57. The third kappa shape index (κ3) is 2.54. The van der Waals surface area contributed by atoms with E-state index < -0.39 is 0 Å². The van der Waals surface area contributed by atoms with Gasteiger partial charge in [-0.05, 0) is 19.3 Å². The number of aryl methyl sites for hydroxylation is 1. The Morgan fingerprint density at radius 2 is 2.12 bits per heavy atom. The van der Waals surface area contributed by atoms with Crippen molar-refractivity contribution in [1.82, 2.24) is 14.9 Å². The van der Waals surface area contributed by atoms with Crippen LogP contribution < -0.4 is 5.32 Å². The Bertz CT molecular complexity index is 379. The van der Waals surface area contributed by atoms with Crippen LogP contribution in [0, 0.1) is 5.92 Å². The molecule has 0 saturated carbocycles. The van der Waals surface area contributed by atoms with Crippen LogP contribution in [-0.2, 0) is 19.4 Å². The fourth-order valence-corrected chi connectivity index (χ4v) is 2.95. The lowest BCUT2D eigenvalue weighted by molar-refractivity contribution is 0.406. The SMILES string of the molecule is CCc1nc2c(n1C(C)CC(C)C)CCNC2. The molecule has 2 heterocycles. The lowest BCUT2D eigenvalue weighted by Crippen LogP contribution is -2.26. The van der Waals surface area contributed by atoms with Crippen molar-refractivity contribution in [3.63, 3.8) is 0 Å². The van der Waals surface area contributed by atoms with Gasteiger partial charge in [0.25, 0.3) is 0 Å². The molecule has 3 nitrogen and oxygen atoms in total. The minimum atomic E-state index is 0.583. The molecular formula is C14H25N3. The van der Waals surface area contributed by atoms with Gasteiger partial charge in [-0.15, -0.1) is 0 Å². The van der Waals surface area contributed by atoms with Gasteiger partial charge in [-0.3, -0.25) is 0 Å². The lowest BCUT2D eigenvalue weighted by Gasteiger charge is -2.23. The Morgan fingerprint density at radius 1 is 1.35 bits per heavy atom. The van der Waals surface area contributed by atoms with Crippen LogP contribution in [0.3, 0.4) is 0 Å². The van der Waals surface area contributed by atoms with E-state index in [-0.39, 0.29) is 0 Å². The van der Waals surface area contributed by atoms with Crippen molar-refractivity contribution < 1.29 is 0 Å². The van der Waals surface area contributed by atoms with Crippen LogP contribution in [0.1, 0.15) is 57.4 Å². The molecule has 1 aromatic rings. The number of aromatic nitrogens is 2. The number of imidazole rings is 1. The van der Waals surface area contributed by atoms with Gasteiger partial charge in [-0.25, -0.2) is 4.98 Å². The van der Waals surface area contributed by atoms with E-state index in [0.717, 1.165) is 31.8 Å². The summed E-state index contributed by atoms with van der Waals surface area (Å²) < 4.78 is 2.51. The maximum atomic E-state index is 4.80. The zero-order valence-corrected chi connectivity index (χ0v) is 11.6. The minimum absolute atomic E-state index is 0.583. The smallest absolute Gasteiger partial charge is 0.109 e. The Hall–Kier alpha value is -0.830. The maximum Gasteiger partial charge on any atom is 0.109 e. The second-order valence-corrected chi connectivity index (χ2v) is 5.55. The summed E-state index contributed by atoms with van der Waals surface area (Å²) in [6, 6.07) is 0.583. The molecular weight excluding hydrogens is 210 g/mol. The molecule has 2 rings (SSSR count). The molecule has 0 fully saturated rings. The normalized spacial score (nSPS) is 17.2. The Balaban J connectivity index is 2.33. The average Bonchev–Trinajstić information content (AvgIpc) is 2.66. The predicted molar refractivity (Wildman–Crippen MR) is 71.2 cm³/mol. The van der Waals surface area contributed by atoms with Crippen molar-refractivity contribution in [2.24, 2.45) is 5.92 Å². The first-order chi connectivity index (χ1) is 8.13. The van der Waals surface area contributed by atoms with E-state index in [2.05, 4.69) is 37.6 Å². The van der Waals surface area contributed by atoms with Crippen molar-refractivity contribution in [2.45, 2.75) is 59.5 Å². The molecule has 0 aromatic carbocycles. The van der Waals surface area contributed by atoms with Crippen LogP contribution in [0.2, 0.25) is 0 Å². The average molecular weight is 235 g/mol. The second-order valence-electron chi connectivity index (χ2n) is 5.55. The van der Waals surface area contributed by atoms with Gasteiger partial charge in [0, 0.05) is 37.7 Å². The van der Waals surface area contributed by atoms with E-state index in [0.29, 0.717) is 6.04 Å². The number of nitrogens with one attached hydrogen (secondary N) is 1. The zero-order valence-electron chi connectivity index (χ0n) is 11.6. The van der Waals surface area contributed by atoms with Gasteiger partial charge in [-0.1, -0.05) is 20.8 Å². The van der Waals surface area contributed by atoms with E-state index in [9.17, 15) is 0 Å². The summed E-state index contributed by atoms with van der Waals surface area (Å²) in [5, 5.41) is 3.41. The number of fused-ring (bicyclic) bond motifs is 1. The molecule has 0 spiro atoms. The van der Waals surface area contributed by atoms with E-state index in [4.69, 9.17) is 4.98 Å². The molecule has 17 heavy (non-hydrogen) atoms. The van der Waals surface area contributed by atoms with Gasteiger partial charge in [0.15, 0.2) is 0 Å². The standard InChI is InChI=1S/C14H25N3/c1-5-14-16-12-9-15-7-6-13(12)17(14)11(4)8-10(2)3/h10-11,15H,5-9H2,1-4H3. The van der Waals surface area contributed by atoms with Crippen LogP contribution in [-0.4, -0.2) is 16.1 Å². The number of nitrogens with zero attached hydrogens (tertiary/aromatic N) is 2. The molecule has 1 atom stereocenters. The van der Waals surface area contributed by atoms with Crippen LogP contribution in [0.15, 0.2) is 0 Å². The molecule has 0 radical (unpaired) electrons. The number of rotatable bonds is 4. The number of hydrogen-bond acceptors (Lipinski definition) is 2. The van der Waals surface area contributed by atoms with Crippen molar-refractivity contribution >= 4 is 0 Å². The molecule has 3 heteroatoms. The highest BCUT2D eigenvalue weighted by Gasteiger charge is 2.22.